The molecule has 0 bridgehead atoms. The van der Waals surface area contributed by atoms with E-state index in [1.165, 1.54) is 33.4 Å². The Morgan fingerprint density at radius 3 is 1.69 bits per heavy atom. The summed E-state index contributed by atoms with van der Waals surface area (Å²) in [4.78, 5) is 2.45. The number of fused-ring (bicyclic) bond motifs is 9. The summed E-state index contributed by atoms with van der Waals surface area (Å²) in [7, 11) is 0. The maximum atomic E-state index is 6.32. The average Bonchev–Trinajstić information content (AvgIpc) is 4.04. The molecule has 0 fully saturated rings. The smallest absolute Gasteiger partial charge is 0.136 e. The highest BCUT2D eigenvalue weighted by molar-refractivity contribution is 6.12. The van der Waals surface area contributed by atoms with Crippen molar-refractivity contribution in [3.05, 3.63) is 259 Å². The minimum absolute atomic E-state index is 0.531. The summed E-state index contributed by atoms with van der Waals surface area (Å²) >= 11 is 0. The number of nitrogens with zero attached hydrogens (tertiary/aromatic N) is 1. The second-order valence-electron chi connectivity index (χ2n) is 16.7. The summed E-state index contributed by atoms with van der Waals surface area (Å²) in [6.45, 7) is 0. The first-order valence-electron chi connectivity index (χ1n) is 21.9. The SMILES string of the molecule is c1ccc(C2(c3ccccc3)c3ccccc3-c3c(N(c4ccc(-c5cccc6oc7ccccc7c56)cc4)c4cccc(-c5ccc6oc7ccccc7c6c5)c4)cccc32)cc1. The minimum atomic E-state index is -0.531. The molecule has 2 heterocycles. The molecule has 1 aliphatic carbocycles. The van der Waals surface area contributed by atoms with Crippen molar-refractivity contribution in [3.8, 4) is 33.4 Å². The number of benzene rings is 10. The van der Waals surface area contributed by atoms with Gasteiger partial charge in [0.25, 0.3) is 0 Å². The van der Waals surface area contributed by atoms with E-state index in [9.17, 15) is 0 Å². The van der Waals surface area contributed by atoms with Gasteiger partial charge in [0.15, 0.2) is 0 Å². The highest BCUT2D eigenvalue weighted by Crippen LogP contribution is 2.59. The number of hydrogen-bond acceptors (Lipinski definition) is 3. The largest absolute Gasteiger partial charge is 0.456 e. The first-order valence-corrected chi connectivity index (χ1v) is 21.9. The number of para-hydroxylation sites is 2. The van der Waals surface area contributed by atoms with Crippen LogP contribution in [0.1, 0.15) is 22.3 Å². The standard InChI is InChI=1S/C61H39NO2/c1-3-17-43(18-4-1)61(44-19-5-2-6-20-44)52-26-10-7-23-49(52)60-53(61)27-15-28-54(60)62(45-35-32-40(33-36-45)47-25-14-31-58-59(47)50-24-9-12-30-56(50)64-58)46-21-13-16-41(38-46)42-34-37-57-51(39-42)48-22-8-11-29-55(48)63-57/h1-39H. The van der Waals surface area contributed by atoms with Crippen LogP contribution in [0.2, 0.25) is 0 Å². The topological polar surface area (TPSA) is 29.5 Å². The van der Waals surface area contributed by atoms with Gasteiger partial charge in [-0.3, -0.25) is 0 Å². The number of furan rings is 2. The molecule has 0 aliphatic heterocycles. The zero-order valence-electron chi connectivity index (χ0n) is 34.8. The van der Waals surface area contributed by atoms with E-state index >= 15 is 0 Å². The molecule has 2 aromatic heterocycles. The van der Waals surface area contributed by atoms with E-state index in [1.807, 2.05) is 24.3 Å². The Labute approximate surface area is 370 Å². The van der Waals surface area contributed by atoms with E-state index in [0.717, 1.165) is 83.2 Å². The predicted octanol–water partition coefficient (Wildman–Crippen LogP) is 16.7. The fourth-order valence-electron chi connectivity index (χ4n) is 10.6. The Hall–Kier alpha value is -8.40. The van der Waals surface area contributed by atoms with Crippen molar-refractivity contribution in [2.75, 3.05) is 4.90 Å². The van der Waals surface area contributed by atoms with E-state index in [-0.39, 0.29) is 0 Å². The summed E-state index contributed by atoms with van der Waals surface area (Å²) in [5, 5.41) is 4.49. The van der Waals surface area contributed by atoms with Gasteiger partial charge in [-0.1, -0.05) is 176 Å². The molecule has 0 spiro atoms. The van der Waals surface area contributed by atoms with Crippen LogP contribution in [0.15, 0.2) is 245 Å². The van der Waals surface area contributed by atoms with E-state index in [2.05, 4.69) is 217 Å². The van der Waals surface area contributed by atoms with Crippen molar-refractivity contribution in [2.45, 2.75) is 5.41 Å². The third-order valence-electron chi connectivity index (χ3n) is 13.4. The van der Waals surface area contributed by atoms with Crippen molar-refractivity contribution in [2.24, 2.45) is 0 Å². The van der Waals surface area contributed by atoms with Crippen LogP contribution in [-0.2, 0) is 5.41 Å². The molecule has 0 radical (unpaired) electrons. The summed E-state index contributed by atoms with van der Waals surface area (Å²) in [5.41, 5.74) is 18.3. The zero-order valence-corrected chi connectivity index (χ0v) is 34.8. The molecule has 300 valence electrons. The molecule has 3 nitrogen and oxygen atoms in total. The van der Waals surface area contributed by atoms with Crippen molar-refractivity contribution >= 4 is 60.9 Å². The van der Waals surface area contributed by atoms with Crippen LogP contribution in [0.25, 0.3) is 77.3 Å². The van der Waals surface area contributed by atoms with Gasteiger partial charge < -0.3 is 13.7 Å². The van der Waals surface area contributed by atoms with E-state index in [1.54, 1.807) is 0 Å². The summed E-state index contributed by atoms with van der Waals surface area (Å²) < 4.78 is 12.6. The average molecular weight is 818 g/mol. The molecule has 0 unspecified atom stereocenters. The molecular formula is C61H39NO2. The quantitative estimate of drug-likeness (QED) is 0.160. The third kappa shape index (κ3) is 5.41. The zero-order chi connectivity index (χ0) is 42.2. The fraction of sp³-hybridized carbons (Fsp3) is 0.0164. The van der Waals surface area contributed by atoms with Gasteiger partial charge in [0.2, 0.25) is 0 Å². The van der Waals surface area contributed by atoms with E-state index in [4.69, 9.17) is 8.83 Å². The molecule has 13 rings (SSSR count). The van der Waals surface area contributed by atoms with Gasteiger partial charge in [-0.15, -0.1) is 0 Å². The highest BCUT2D eigenvalue weighted by atomic mass is 16.3. The fourth-order valence-corrected chi connectivity index (χ4v) is 10.6. The Kier molecular flexibility index (Phi) is 8.13. The number of rotatable bonds is 7. The lowest BCUT2D eigenvalue weighted by Crippen LogP contribution is -2.28. The van der Waals surface area contributed by atoms with Crippen molar-refractivity contribution in [3.63, 3.8) is 0 Å². The molecule has 0 amide bonds. The van der Waals surface area contributed by atoms with Gasteiger partial charge in [-0.25, -0.2) is 0 Å². The number of hydrogen-bond donors (Lipinski definition) is 0. The van der Waals surface area contributed by atoms with Crippen molar-refractivity contribution in [1.29, 1.82) is 0 Å². The van der Waals surface area contributed by atoms with Gasteiger partial charge in [-0.05, 0) is 111 Å². The molecule has 0 saturated heterocycles. The minimum Gasteiger partial charge on any atom is -0.456 e. The Morgan fingerprint density at radius 1 is 0.328 bits per heavy atom. The first-order chi connectivity index (χ1) is 31.7. The first kappa shape index (κ1) is 36.3. The van der Waals surface area contributed by atoms with Gasteiger partial charge in [0.05, 0.1) is 11.1 Å². The summed E-state index contributed by atoms with van der Waals surface area (Å²) in [6.07, 6.45) is 0. The monoisotopic (exact) mass is 817 g/mol. The Balaban J connectivity index is 1.04. The molecule has 0 saturated carbocycles. The van der Waals surface area contributed by atoms with Crippen molar-refractivity contribution in [1.82, 2.24) is 0 Å². The Morgan fingerprint density at radius 2 is 0.891 bits per heavy atom. The van der Waals surface area contributed by atoms with Gasteiger partial charge >= 0.3 is 0 Å². The molecule has 0 N–H and O–H groups in total. The molecular weight excluding hydrogens is 779 g/mol. The highest BCUT2D eigenvalue weighted by Gasteiger charge is 2.47. The lowest BCUT2D eigenvalue weighted by atomic mass is 9.68. The van der Waals surface area contributed by atoms with Crippen LogP contribution in [-0.4, -0.2) is 0 Å². The second-order valence-corrected chi connectivity index (χ2v) is 16.7. The Bertz CT molecular complexity index is 3690. The van der Waals surface area contributed by atoms with E-state index in [0.29, 0.717) is 0 Å². The molecule has 3 heteroatoms. The van der Waals surface area contributed by atoms with Crippen LogP contribution >= 0.6 is 0 Å². The predicted molar refractivity (Wildman–Crippen MR) is 264 cm³/mol. The molecule has 12 aromatic rings. The second kappa shape index (κ2) is 14.3. The lowest BCUT2D eigenvalue weighted by Gasteiger charge is -2.34. The van der Waals surface area contributed by atoms with Crippen LogP contribution in [0.4, 0.5) is 17.1 Å². The van der Waals surface area contributed by atoms with Gasteiger partial charge in [-0.2, -0.15) is 0 Å². The van der Waals surface area contributed by atoms with Crippen LogP contribution in [0.3, 0.4) is 0 Å². The van der Waals surface area contributed by atoms with Gasteiger partial charge in [0, 0.05) is 38.5 Å². The summed E-state index contributed by atoms with van der Waals surface area (Å²) in [5.74, 6) is 0. The molecule has 64 heavy (non-hydrogen) atoms. The van der Waals surface area contributed by atoms with Crippen LogP contribution < -0.4 is 4.90 Å². The van der Waals surface area contributed by atoms with Gasteiger partial charge in [0.1, 0.15) is 22.3 Å². The van der Waals surface area contributed by atoms with E-state index < -0.39 is 5.41 Å². The molecule has 1 aliphatic rings. The number of anilines is 3. The lowest BCUT2D eigenvalue weighted by molar-refractivity contribution is 0.668. The maximum Gasteiger partial charge on any atom is 0.136 e. The van der Waals surface area contributed by atoms with Crippen LogP contribution in [0, 0.1) is 0 Å². The normalized spacial score (nSPS) is 12.8. The molecule has 0 atom stereocenters. The maximum absolute atomic E-state index is 6.32. The third-order valence-corrected chi connectivity index (χ3v) is 13.4. The summed E-state index contributed by atoms with van der Waals surface area (Å²) in [6, 6.07) is 85.5. The van der Waals surface area contributed by atoms with Crippen molar-refractivity contribution < 1.29 is 8.83 Å². The van der Waals surface area contributed by atoms with Crippen LogP contribution in [0.5, 0.6) is 0 Å². The molecule has 10 aromatic carbocycles.